The van der Waals surface area contributed by atoms with E-state index in [1.165, 1.54) is 11.3 Å². The molecular weight excluding hydrogens is 340 g/mol. The fraction of sp³-hybridized carbons (Fsp3) is 0.471. The number of amides is 1. The molecule has 0 saturated carbocycles. The molecule has 25 heavy (non-hydrogen) atoms. The van der Waals surface area contributed by atoms with E-state index in [2.05, 4.69) is 10.2 Å². The first-order chi connectivity index (χ1) is 12.1. The Labute approximate surface area is 150 Å². The smallest absolute Gasteiger partial charge is 0.246 e. The summed E-state index contributed by atoms with van der Waals surface area (Å²) in [5.74, 6) is 1.46. The SMILES string of the molecule is Cn1c(CO)nnc1C1CCCN(C(=O)/C=C/c2cc(CO)cs2)C1. The van der Waals surface area contributed by atoms with Crippen LogP contribution in [0.15, 0.2) is 17.5 Å². The van der Waals surface area contributed by atoms with Crippen molar-refractivity contribution in [3.05, 3.63) is 39.6 Å². The number of carbonyl (C=O) groups is 1. The van der Waals surface area contributed by atoms with Crippen LogP contribution in [0.3, 0.4) is 0 Å². The Morgan fingerprint density at radius 2 is 2.24 bits per heavy atom. The van der Waals surface area contributed by atoms with Crippen molar-refractivity contribution < 1.29 is 15.0 Å². The van der Waals surface area contributed by atoms with Crippen molar-refractivity contribution in [3.8, 4) is 0 Å². The van der Waals surface area contributed by atoms with Crippen molar-refractivity contribution in [2.24, 2.45) is 7.05 Å². The third kappa shape index (κ3) is 3.97. The van der Waals surface area contributed by atoms with E-state index >= 15 is 0 Å². The number of aromatic nitrogens is 3. The van der Waals surface area contributed by atoms with Crippen LogP contribution in [-0.2, 0) is 25.1 Å². The maximum Gasteiger partial charge on any atom is 0.246 e. The fourth-order valence-electron chi connectivity index (χ4n) is 3.08. The van der Waals surface area contributed by atoms with Gasteiger partial charge in [0.1, 0.15) is 12.4 Å². The minimum atomic E-state index is -0.141. The Balaban J connectivity index is 1.66. The van der Waals surface area contributed by atoms with Crippen LogP contribution in [0.2, 0.25) is 0 Å². The van der Waals surface area contributed by atoms with Gasteiger partial charge in [0.05, 0.1) is 6.61 Å². The molecule has 134 valence electrons. The quantitative estimate of drug-likeness (QED) is 0.782. The van der Waals surface area contributed by atoms with Crippen molar-refractivity contribution in [3.63, 3.8) is 0 Å². The normalized spacial score (nSPS) is 18.2. The molecule has 3 heterocycles. The molecule has 0 spiro atoms. The summed E-state index contributed by atoms with van der Waals surface area (Å²) in [6.45, 7) is 1.21. The van der Waals surface area contributed by atoms with Crippen LogP contribution in [0.1, 0.15) is 40.8 Å². The zero-order valence-corrected chi connectivity index (χ0v) is 14.9. The number of thiophene rings is 1. The van der Waals surface area contributed by atoms with Crippen LogP contribution in [0.25, 0.3) is 6.08 Å². The van der Waals surface area contributed by atoms with E-state index in [9.17, 15) is 9.90 Å². The number of aliphatic hydroxyl groups is 2. The minimum Gasteiger partial charge on any atom is -0.392 e. The predicted octanol–water partition coefficient (Wildman–Crippen LogP) is 1.28. The summed E-state index contributed by atoms with van der Waals surface area (Å²) in [7, 11) is 1.84. The number of rotatable bonds is 5. The Bertz CT molecular complexity index is 768. The highest BCUT2D eigenvalue weighted by molar-refractivity contribution is 7.11. The molecule has 7 nitrogen and oxygen atoms in total. The number of nitrogens with zero attached hydrogens (tertiary/aromatic N) is 4. The second-order valence-electron chi connectivity index (χ2n) is 6.16. The standard InChI is InChI=1S/C17H22N4O3S/c1-20-15(10-23)18-19-17(20)13-3-2-6-21(8-13)16(24)5-4-14-7-12(9-22)11-25-14/h4-5,7,11,13,22-23H,2-3,6,8-10H2,1H3/b5-4+. The van der Waals surface area contributed by atoms with Crippen LogP contribution in [0.5, 0.6) is 0 Å². The van der Waals surface area contributed by atoms with Crippen molar-refractivity contribution in [2.75, 3.05) is 13.1 Å². The summed E-state index contributed by atoms with van der Waals surface area (Å²) in [5.41, 5.74) is 0.858. The monoisotopic (exact) mass is 362 g/mol. The number of piperidine rings is 1. The third-order valence-corrected chi connectivity index (χ3v) is 5.43. The van der Waals surface area contributed by atoms with Gasteiger partial charge in [0.25, 0.3) is 0 Å². The first-order valence-corrected chi connectivity index (χ1v) is 9.14. The van der Waals surface area contributed by atoms with Crippen LogP contribution in [0, 0.1) is 0 Å². The number of hydrogen-bond donors (Lipinski definition) is 2. The Morgan fingerprint density at radius 1 is 1.40 bits per heavy atom. The van der Waals surface area contributed by atoms with Gasteiger partial charge in [0.15, 0.2) is 5.82 Å². The highest BCUT2D eigenvalue weighted by Gasteiger charge is 2.27. The summed E-state index contributed by atoms with van der Waals surface area (Å²) in [6.07, 6.45) is 5.25. The molecule has 1 atom stereocenters. The number of likely N-dealkylation sites (tertiary alicyclic amines) is 1. The van der Waals surface area contributed by atoms with E-state index in [0.717, 1.165) is 35.7 Å². The van der Waals surface area contributed by atoms with E-state index in [1.54, 1.807) is 12.2 Å². The van der Waals surface area contributed by atoms with Crippen molar-refractivity contribution in [1.82, 2.24) is 19.7 Å². The number of carbonyl (C=O) groups excluding carboxylic acids is 1. The second-order valence-corrected chi connectivity index (χ2v) is 7.11. The Kier molecular flexibility index (Phi) is 5.62. The molecule has 1 amide bonds. The van der Waals surface area contributed by atoms with Gasteiger partial charge in [0.2, 0.25) is 5.91 Å². The first kappa shape index (κ1) is 17.8. The molecule has 2 aromatic rings. The summed E-state index contributed by atoms with van der Waals surface area (Å²) in [6, 6.07) is 1.88. The number of aliphatic hydroxyl groups excluding tert-OH is 2. The lowest BCUT2D eigenvalue weighted by Crippen LogP contribution is -2.38. The second kappa shape index (κ2) is 7.90. The van der Waals surface area contributed by atoms with Crippen LogP contribution in [-0.4, -0.2) is 48.9 Å². The van der Waals surface area contributed by atoms with Gasteiger partial charge in [-0.2, -0.15) is 0 Å². The van der Waals surface area contributed by atoms with Crippen LogP contribution >= 0.6 is 11.3 Å². The minimum absolute atomic E-state index is 0.0135. The van der Waals surface area contributed by atoms with E-state index < -0.39 is 0 Å². The maximum absolute atomic E-state index is 12.5. The molecule has 1 fully saturated rings. The van der Waals surface area contributed by atoms with Crippen molar-refractivity contribution in [1.29, 1.82) is 0 Å². The Morgan fingerprint density at radius 3 is 2.92 bits per heavy atom. The lowest BCUT2D eigenvalue weighted by Gasteiger charge is -2.31. The lowest BCUT2D eigenvalue weighted by atomic mass is 9.97. The molecule has 0 bridgehead atoms. The molecule has 1 aliphatic rings. The first-order valence-electron chi connectivity index (χ1n) is 8.26. The molecule has 2 N–H and O–H groups in total. The average molecular weight is 362 g/mol. The molecular formula is C17H22N4O3S. The average Bonchev–Trinajstić information content (AvgIpc) is 3.25. The molecule has 1 unspecified atom stereocenters. The summed E-state index contributed by atoms with van der Waals surface area (Å²) < 4.78 is 1.82. The van der Waals surface area contributed by atoms with Crippen molar-refractivity contribution in [2.45, 2.75) is 32.0 Å². The van der Waals surface area contributed by atoms with E-state index in [1.807, 2.05) is 28.0 Å². The zero-order valence-electron chi connectivity index (χ0n) is 14.1. The molecule has 2 aromatic heterocycles. The van der Waals surface area contributed by atoms with Gasteiger partial charge in [0, 0.05) is 37.0 Å². The van der Waals surface area contributed by atoms with Crippen LogP contribution in [0.4, 0.5) is 0 Å². The summed E-state index contributed by atoms with van der Waals surface area (Å²) in [4.78, 5) is 15.3. The molecule has 3 rings (SSSR count). The molecule has 1 aliphatic heterocycles. The van der Waals surface area contributed by atoms with Gasteiger partial charge in [-0.05, 0) is 35.9 Å². The van der Waals surface area contributed by atoms with Gasteiger partial charge in [-0.25, -0.2) is 0 Å². The maximum atomic E-state index is 12.5. The largest absolute Gasteiger partial charge is 0.392 e. The molecule has 1 saturated heterocycles. The molecule has 0 aromatic carbocycles. The van der Waals surface area contributed by atoms with Gasteiger partial charge in [-0.3, -0.25) is 4.79 Å². The van der Waals surface area contributed by atoms with Crippen molar-refractivity contribution >= 4 is 23.3 Å². The van der Waals surface area contributed by atoms with E-state index in [-0.39, 0.29) is 25.0 Å². The molecule has 0 radical (unpaired) electrons. The van der Waals surface area contributed by atoms with Gasteiger partial charge >= 0.3 is 0 Å². The molecule has 8 heteroatoms. The van der Waals surface area contributed by atoms with E-state index in [0.29, 0.717) is 12.4 Å². The highest BCUT2D eigenvalue weighted by atomic mass is 32.1. The molecule has 0 aliphatic carbocycles. The van der Waals surface area contributed by atoms with Gasteiger partial charge in [-0.15, -0.1) is 21.5 Å². The summed E-state index contributed by atoms with van der Waals surface area (Å²) >= 11 is 1.50. The van der Waals surface area contributed by atoms with Gasteiger partial charge < -0.3 is 19.7 Å². The Hall–Kier alpha value is -2.03. The fourth-order valence-corrected chi connectivity index (χ4v) is 3.88. The van der Waals surface area contributed by atoms with Gasteiger partial charge in [-0.1, -0.05) is 0 Å². The zero-order chi connectivity index (χ0) is 17.8. The third-order valence-electron chi connectivity index (χ3n) is 4.49. The number of hydrogen-bond acceptors (Lipinski definition) is 6. The predicted molar refractivity (Wildman–Crippen MR) is 94.8 cm³/mol. The highest BCUT2D eigenvalue weighted by Crippen LogP contribution is 2.26. The van der Waals surface area contributed by atoms with E-state index in [4.69, 9.17) is 5.11 Å². The van der Waals surface area contributed by atoms with Crippen LogP contribution < -0.4 is 0 Å². The lowest BCUT2D eigenvalue weighted by molar-refractivity contribution is -0.127. The summed E-state index contributed by atoms with van der Waals surface area (Å²) in [5, 5.41) is 28.4. The topological polar surface area (TPSA) is 91.5 Å².